The lowest BCUT2D eigenvalue weighted by molar-refractivity contribution is -0.365. The Labute approximate surface area is 356 Å². The van der Waals surface area contributed by atoms with Crippen molar-refractivity contribution in [3.8, 4) is 0 Å². The molecule has 61 heavy (non-hydrogen) atoms. The highest BCUT2D eigenvalue weighted by Gasteiger charge is 2.78. The maximum Gasteiger partial charge on any atom is 0.338 e. The zero-order chi connectivity index (χ0) is 44.7. The van der Waals surface area contributed by atoms with Gasteiger partial charge in [0.1, 0.15) is 36.1 Å². The molecule has 1 amide bonds. The summed E-state index contributed by atoms with van der Waals surface area (Å²) in [7, 11) is 0. The van der Waals surface area contributed by atoms with E-state index in [9.17, 15) is 39.3 Å². The predicted octanol–water partition coefficient (Wildman–Crippen LogP) is 3.76. The van der Waals surface area contributed by atoms with Gasteiger partial charge in [-0.15, -0.1) is 0 Å². The SMILES string of the molecule is CCCCCC(=O)N[C@@H](c1ccccc1)[C@@H](N)C(=O)O[C@H]1C[C@@]2(O)[C@@H](OC(=O)c3ccccc3)[C@@H]3[C@]4(OC(C)=O)CO[C@@H]4C[C@H](O)[C@@]3(C)[C@@H](O)[C@H](OC(C)=O)C(=C1C)C2(C)C. The highest BCUT2D eigenvalue weighted by Crippen LogP contribution is 2.65. The Hall–Kier alpha value is -4.67. The van der Waals surface area contributed by atoms with Crippen molar-refractivity contribution in [3.05, 3.63) is 82.9 Å². The van der Waals surface area contributed by atoms with Crippen LogP contribution < -0.4 is 11.1 Å². The van der Waals surface area contributed by atoms with E-state index in [1.165, 1.54) is 26.0 Å². The molecule has 1 aliphatic heterocycles. The van der Waals surface area contributed by atoms with Crippen LogP contribution >= 0.6 is 0 Å². The first-order valence-electron chi connectivity index (χ1n) is 21.1. The van der Waals surface area contributed by atoms with E-state index in [1.54, 1.807) is 69.3 Å². The third-order valence-electron chi connectivity index (χ3n) is 13.8. The molecule has 2 bridgehead atoms. The fourth-order valence-corrected chi connectivity index (χ4v) is 10.4. The minimum absolute atomic E-state index is 0.116. The number of nitrogens with one attached hydrogen (secondary N) is 1. The van der Waals surface area contributed by atoms with Crippen LogP contribution in [0.3, 0.4) is 0 Å². The Morgan fingerprint density at radius 2 is 1.56 bits per heavy atom. The molecule has 2 aromatic rings. The van der Waals surface area contributed by atoms with Crippen LogP contribution in [0.2, 0.25) is 0 Å². The molecule has 0 radical (unpaired) electrons. The number of nitrogens with two attached hydrogens (primary N) is 1. The lowest BCUT2D eigenvalue weighted by Crippen LogP contribution is -2.82. The molecular weight excluding hydrogens is 789 g/mol. The quantitative estimate of drug-likeness (QED) is 0.0837. The first-order valence-corrected chi connectivity index (χ1v) is 21.1. The average Bonchev–Trinajstić information content (AvgIpc) is 3.21. The van der Waals surface area contributed by atoms with Gasteiger partial charge in [-0.05, 0) is 42.2 Å². The zero-order valence-electron chi connectivity index (χ0n) is 35.9. The molecule has 1 saturated heterocycles. The van der Waals surface area contributed by atoms with Crippen molar-refractivity contribution in [3.63, 3.8) is 0 Å². The molecule has 2 aromatic carbocycles. The molecule has 4 aliphatic rings. The maximum atomic E-state index is 14.4. The average molecular weight is 849 g/mol. The molecular formula is C46H60N2O13. The van der Waals surface area contributed by atoms with Crippen LogP contribution in [0.4, 0.5) is 0 Å². The summed E-state index contributed by atoms with van der Waals surface area (Å²) in [6.07, 6.45) is -6.79. The molecule has 0 spiro atoms. The van der Waals surface area contributed by atoms with Gasteiger partial charge in [-0.2, -0.15) is 0 Å². The van der Waals surface area contributed by atoms with Crippen molar-refractivity contribution in [2.75, 3.05) is 6.61 Å². The van der Waals surface area contributed by atoms with Crippen LogP contribution in [-0.2, 0) is 42.9 Å². The van der Waals surface area contributed by atoms with Gasteiger partial charge in [-0.1, -0.05) is 89.1 Å². The Kier molecular flexibility index (Phi) is 13.2. The summed E-state index contributed by atoms with van der Waals surface area (Å²) in [5.41, 5.74) is 0.457. The number of carbonyl (C=O) groups is 5. The third-order valence-corrected chi connectivity index (χ3v) is 13.8. The van der Waals surface area contributed by atoms with E-state index in [0.29, 0.717) is 17.6 Å². The Balaban J connectivity index is 1.52. The number of hydrogen-bond acceptors (Lipinski definition) is 14. The summed E-state index contributed by atoms with van der Waals surface area (Å²) >= 11 is 0. The van der Waals surface area contributed by atoms with Crippen molar-refractivity contribution in [2.45, 2.75) is 147 Å². The Morgan fingerprint density at radius 3 is 2.13 bits per heavy atom. The van der Waals surface area contributed by atoms with Gasteiger partial charge in [0.05, 0.1) is 30.2 Å². The molecule has 3 aliphatic carbocycles. The summed E-state index contributed by atoms with van der Waals surface area (Å²) in [5.74, 6) is -5.08. The van der Waals surface area contributed by atoms with Gasteiger partial charge in [0.2, 0.25) is 5.91 Å². The molecule has 3 fully saturated rings. The maximum absolute atomic E-state index is 14.4. The van der Waals surface area contributed by atoms with E-state index in [-0.39, 0.29) is 36.5 Å². The van der Waals surface area contributed by atoms with Gasteiger partial charge < -0.3 is 50.1 Å². The van der Waals surface area contributed by atoms with E-state index in [2.05, 4.69) is 5.32 Å². The number of unbranched alkanes of at least 4 members (excludes halogenated alkanes) is 2. The molecule has 6 N–H and O–H groups in total. The molecule has 6 rings (SSSR count). The standard InChI is InChI=1S/C46H60N2O13/c1-8-9-12-21-33(52)48-36(28-17-13-10-14-18-28)35(47)42(55)59-30-23-46(56)40(60-41(54)29-19-15-11-16-20-29)38-44(7,31(51)22-32-45(38,24-57-32)61-27(4)50)39(53)37(58-26(3)49)34(25(30)2)43(46,5)6/h10-11,13-20,30-32,35-40,51,53,56H,8-9,12,21-24,47H2,1-7H3,(H,48,52)/t30-,31-,32+,35+,36-,37+,38-,39-,40-,44+,45-,46+/m0/s1. The second kappa shape index (κ2) is 17.6. The number of fused-ring (bicyclic) bond motifs is 5. The lowest BCUT2D eigenvalue weighted by Gasteiger charge is -2.69. The highest BCUT2D eigenvalue weighted by molar-refractivity contribution is 5.89. The molecule has 332 valence electrons. The predicted molar refractivity (Wildman–Crippen MR) is 219 cm³/mol. The van der Waals surface area contributed by atoms with Gasteiger partial charge in [0.15, 0.2) is 11.7 Å². The minimum Gasteiger partial charge on any atom is -0.456 e. The highest BCUT2D eigenvalue weighted by atomic mass is 16.6. The summed E-state index contributed by atoms with van der Waals surface area (Å²) < 4.78 is 30.7. The Morgan fingerprint density at radius 1 is 0.918 bits per heavy atom. The normalized spacial score (nSPS) is 33.5. The van der Waals surface area contributed by atoms with Gasteiger partial charge in [0, 0.05) is 43.9 Å². The van der Waals surface area contributed by atoms with Crippen LogP contribution in [0.1, 0.15) is 109 Å². The van der Waals surface area contributed by atoms with E-state index in [4.69, 9.17) is 29.4 Å². The van der Waals surface area contributed by atoms with Gasteiger partial charge in [-0.3, -0.25) is 19.2 Å². The first kappa shape index (κ1) is 45.8. The number of esters is 4. The number of benzene rings is 2. The zero-order valence-corrected chi connectivity index (χ0v) is 35.9. The van der Waals surface area contributed by atoms with Crippen LogP contribution in [0.25, 0.3) is 0 Å². The van der Waals surface area contributed by atoms with Crippen LogP contribution in [0, 0.1) is 16.7 Å². The number of rotatable bonds is 13. The van der Waals surface area contributed by atoms with Crippen molar-refractivity contribution in [1.82, 2.24) is 5.32 Å². The first-order chi connectivity index (χ1) is 28.7. The molecule has 0 unspecified atom stereocenters. The van der Waals surface area contributed by atoms with E-state index >= 15 is 0 Å². The summed E-state index contributed by atoms with van der Waals surface area (Å²) in [6.45, 7) is 10.5. The van der Waals surface area contributed by atoms with Crippen LogP contribution in [-0.4, -0.2) is 106 Å². The number of aliphatic hydroxyl groups excluding tert-OH is 2. The molecule has 12 atom stereocenters. The van der Waals surface area contributed by atoms with Crippen LogP contribution in [0.15, 0.2) is 71.8 Å². The van der Waals surface area contributed by atoms with E-state index in [1.807, 2.05) is 6.92 Å². The minimum atomic E-state index is -2.29. The number of hydrogen-bond donors (Lipinski definition) is 5. The fourth-order valence-electron chi connectivity index (χ4n) is 10.4. The fraction of sp³-hybridized carbons (Fsp3) is 0.587. The summed E-state index contributed by atoms with van der Waals surface area (Å²) in [6, 6.07) is 14.3. The van der Waals surface area contributed by atoms with Crippen LogP contribution in [0.5, 0.6) is 0 Å². The van der Waals surface area contributed by atoms with Crippen molar-refractivity contribution >= 4 is 29.8 Å². The van der Waals surface area contributed by atoms with Gasteiger partial charge in [0.25, 0.3) is 0 Å². The van der Waals surface area contributed by atoms with E-state index < -0.39 is 107 Å². The molecule has 15 nitrogen and oxygen atoms in total. The van der Waals surface area contributed by atoms with Crippen molar-refractivity contribution < 1.29 is 63.0 Å². The smallest absolute Gasteiger partial charge is 0.338 e. The van der Waals surface area contributed by atoms with Gasteiger partial charge in [-0.25, -0.2) is 4.79 Å². The largest absolute Gasteiger partial charge is 0.456 e. The van der Waals surface area contributed by atoms with Crippen molar-refractivity contribution in [2.24, 2.45) is 22.5 Å². The number of ether oxygens (including phenoxy) is 5. The lowest BCUT2D eigenvalue weighted by atomic mass is 9.44. The summed E-state index contributed by atoms with van der Waals surface area (Å²) in [4.78, 5) is 67.8. The van der Waals surface area contributed by atoms with Crippen molar-refractivity contribution in [1.29, 1.82) is 0 Å². The second-order valence-corrected chi connectivity index (χ2v) is 17.8. The number of carbonyl (C=O) groups excluding carboxylic acids is 5. The van der Waals surface area contributed by atoms with E-state index in [0.717, 1.165) is 19.8 Å². The molecule has 0 aromatic heterocycles. The Bertz CT molecular complexity index is 2010. The number of amides is 1. The molecule has 2 saturated carbocycles. The third kappa shape index (κ3) is 8.11. The monoisotopic (exact) mass is 848 g/mol. The molecule has 1 heterocycles. The number of aliphatic hydroxyl groups is 3. The second-order valence-electron chi connectivity index (χ2n) is 17.8. The topological polar surface area (TPSA) is 230 Å². The molecule has 15 heteroatoms. The summed E-state index contributed by atoms with van der Waals surface area (Å²) in [5, 5.41) is 41.5. The van der Waals surface area contributed by atoms with Gasteiger partial charge >= 0.3 is 23.9 Å².